The zero-order chi connectivity index (χ0) is 16.2. The Kier molecular flexibility index (Phi) is 4.97. The van der Waals surface area contributed by atoms with Gasteiger partial charge < -0.3 is 10.6 Å². The molecule has 3 amide bonds. The van der Waals surface area contributed by atoms with Crippen molar-refractivity contribution in [3.63, 3.8) is 0 Å². The number of aryl methyl sites for hydroxylation is 1. The molecule has 0 unspecified atom stereocenters. The normalized spacial score (nSPS) is 20.7. The van der Waals surface area contributed by atoms with Crippen LogP contribution >= 0.6 is 12.2 Å². The number of hydrogen-bond acceptors (Lipinski definition) is 3. The summed E-state index contributed by atoms with van der Waals surface area (Å²) in [7, 11) is 0. The average molecular weight is 320 g/mol. The van der Waals surface area contributed by atoms with Crippen molar-refractivity contribution < 1.29 is 9.59 Å². The number of thiocarbonyl (C=S) groups is 1. The fourth-order valence-electron chi connectivity index (χ4n) is 2.30. The summed E-state index contributed by atoms with van der Waals surface area (Å²) in [5.41, 5.74) is 2.82. The van der Waals surface area contributed by atoms with Gasteiger partial charge in [-0.2, -0.15) is 5.01 Å². The first-order valence-electron chi connectivity index (χ1n) is 7.21. The highest BCUT2D eigenvalue weighted by Gasteiger charge is 2.48. The van der Waals surface area contributed by atoms with E-state index in [2.05, 4.69) is 16.1 Å². The number of hydrazine groups is 1. The third-order valence-corrected chi connectivity index (χ3v) is 3.80. The van der Waals surface area contributed by atoms with E-state index in [1.807, 2.05) is 37.3 Å². The molecule has 3 N–H and O–H groups in total. The summed E-state index contributed by atoms with van der Waals surface area (Å²) in [5, 5.41) is 6.77. The molecule has 1 saturated heterocycles. The molecule has 1 fully saturated rings. The zero-order valence-electron chi connectivity index (χ0n) is 12.7. The van der Waals surface area contributed by atoms with Gasteiger partial charge in [0.1, 0.15) is 5.54 Å². The van der Waals surface area contributed by atoms with E-state index in [4.69, 9.17) is 12.2 Å². The topological polar surface area (TPSA) is 73.5 Å². The Morgan fingerprint density at radius 2 is 2.00 bits per heavy atom. The molecule has 0 aliphatic carbocycles. The Morgan fingerprint density at radius 1 is 1.32 bits per heavy atom. The van der Waals surface area contributed by atoms with Gasteiger partial charge >= 0.3 is 6.03 Å². The van der Waals surface area contributed by atoms with Crippen molar-refractivity contribution in [1.29, 1.82) is 0 Å². The van der Waals surface area contributed by atoms with E-state index in [0.29, 0.717) is 19.4 Å². The molecule has 6 nitrogen and oxygen atoms in total. The standard InChI is InChI=1S/C15H20N4O2S/c1-3-16-13(22)18-19-12(20)15(2,17-14(19)21)10-9-11-7-5-4-6-8-11/h4-8H,3,9-10H2,1-2H3,(H,17,21)(H2,16,18,22)/t15-/m1/s1. The number of carbonyl (C=O) groups is 2. The lowest BCUT2D eigenvalue weighted by Crippen LogP contribution is -2.51. The average Bonchev–Trinajstić information content (AvgIpc) is 2.71. The molecule has 1 atom stereocenters. The van der Waals surface area contributed by atoms with Crippen molar-refractivity contribution >= 4 is 29.3 Å². The van der Waals surface area contributed by atoms with E-state index in [0.717, 1.165) is 10.6 Å². The summed E-state index contributed by atoms with van der Waals surface area (Å²) >= 11 is 5.02. The molecule has 2 rings (SSSR count). The highest BCUT2D eigenvalue weighted by Crippen LogP contribution is 2.22. The molecule has 0 spiro atoms. The van der Waals surface area contributed by atoms with Gasteiger partial charge in [0.25, 0.3) is 5.91 Å². The molecule has 0 radical (unpaired) electrons. The third kappa shape index (κ3) is 3.54. The predicted octanol–water partition coefficient (Wildman–Crippen LogP) is 1.33. The number of hydrogen-bond donors (Lipinski definition) is 3. The van der Waals surface area contributed by atoms with Crippen molar-refractivity contribution in [1.82, 2.24) is 21.1 Å². The molecule has 118 valence electrons. The van der Waals surface area contributed by atoms with Crippen LogP contribution in [-0.2, 0) is 11.2 Å². The fraction of sp³-hybridized carbons (Fsp3) is 0.400. The number of urea groups is 1. The van der Waals surface area contributed by atoms with Crippen LogP contribution in [0.25, 0.3) is 0 Å². The minimum atomic E-state index is -0.929. The molecular formula is C15H20N4O2S. The van der Waals surface area contributed by atoms with Crippen LogP contribution in [0.2, 0.25) is 0 Å². The summed E-state index contributed by atoms with van der Waals surface area (Å²) in [6, 6.07) is 9.37. The maximum Gasteiger partial charge on any atom is 0.344 e. The van der Waals surface area contributed by atoms with Gasteiger partial charge in [0.15, 0.2) is 5.11 Å². The number of amides is 3. The number of benzene rings is 1. The van der Waals surface area contributed by atoms with Gasteiger partial charge in [0, 0.05) is 6.54 Å². The van der Waals surface area contributed by atoms with E-state index < -0.39 is 11.6 Å². The van der Waals surface area contributed by atoms with Crippen LogP contribution in [0.1, 0.15) is 25.8 Å². The highest BCUT2D eigenvalue weighted by molar-refractivity contribution is 7.80. The van der Waals surface area contributed by atoms with Crippen LogP contribution < -0.4 is 16.1 Å². The van der Waals surface area contributed by atoms with Crippen LogP contribution in [0.5, 0.6) is 0 Å². The molecule has 22 heavy (non-hydrogen) atoms. The largest absolute Gasteiger partial charge is 0.362 e. The Morgan fingerprint density at radius 3 is 2.64 bits per heavy atom. The van der Waals surface area contributed by atoms with Crippen molar-refractivity contribution in [2.75, 3.05) is 6.54 Å². The second-order valence-corrected chi connectivity index (χ2v) is 5.77. The summed E-state index contributed by atoms with van der Waals surface area (Å²) in [5.74, 6) is -0.325. The number of rotatable bonds is 5. The summed E-state index contributed by atoms with van der Waals surface area (Å²) in [6.07, 6.45) is 1.22. The minimum absolute atomic E-state index is 0.248. The molecule has 0 bridgehead atoms. The van der Waals surface area contributed by atoms with Crippen molar-refractivity contribution in [2.45, 2.75) is 32.2 Å². The molecule has 1 heterocycles. The first kappa shape index (κ1) is 16.2. The zero-order valence-corrected chi connectivity index (χ0v) is 13.5. The van der Waals surface area contributed by atoms with Crippen molar-refractivity contribution in [3.8, 4) is 0 Å². The van der Waals surface area contributed by atoms with E-state index in [1.54, 1.807) is 6.92 Å². The van der Waals surface area contributed by atoms with Crippen molar-refractivity contribution in [3.05, 3.63) is 35.9 Å². The van der Waals surface area contributed by atoms with E-state index in [1.165, 1.54) is 0 Å². The molecule has 0 saturated carbocycles. The summed E-state index contributed by atoms with van der Waals surface area (Å²) in [4.78, 5) is 24.5. The molecule has 1 aliphatic rings. The Balaban J connectivity index is 2.01. The van der Waals surface area contributed by atoms with Crippen LogP contribution in [-0.4, -0.2) is 34.1 Å². The lowest BCUT2D eigenvalue weighted by molar-refractivity contribution is -0.132. The smallest absolute Gasteiger partial charge is 0.344 e. The van der Waals surface area contributed by atoms with Gasteiger partial charge in [0.05, 0.1) is 0 Å². The van der Waals surface area contributed by atoms with Crippen LogP contribution in [0, 0.1) is 0 Å². The number of nitrogens with zero attached hydrogens (tertiary/aromatic N) is 1. The van der Waals surface area contributed by atoms with Crippen LogP contribution in [0.15, 0.2) is 30.3 Å². The predicted molar refractivity (Wildman–Crippen MR) is 88.0 cm³/mol. The van der Waals surface area contributed by atoms with Crippen LogP contribution in [0.4, 0.5) is 4.79 Å². The maximum atomic E-state index is 12.5. The van der Waals surface area contributed by atoms with E-state index >= 15 is 0 Å². The fourth-order valence-corrected chi connectivity index (χ4v) is 2.53. The summed E-state index contributed by atoms with van der Waals surface area (Å²) < 4.78 is 0. The van der Waals surface area contributed by atoms with Crippen LogP contribution in [0.3, 0.4) is 0 Å². The second-order valence-electron chi connectivity index (χ2n) is 5.36. The third-order valence-electron chi connectivity index (χ3n) is 3.57. The quantitative estimate of drug-likeness (QED) is 0.564. The van der Waals surface area contributed by atoms with Crippen molar-refractivity contribution in [2.24, 2.45) is 0 Å². The molecule has 1 aliphatic heterocycles. The molecule has 7 heteroatoms. The number of carbonyl (C=O) groups excluding carboxylic acids is 2. The molecule has 1 aromatic rings. The van der Waals surface area contributed by atoms with Gasteiger partial charge in [0.2, 0.25) is 0 Å². The monoisotopic (exact) mass is 320 g/mol. The Hall–Kier alpha value is -2.15. The maximum absolute atomic E-state index is 12.5. The van der Waals surface area contributed by atoms with Gasteiger partial charge in [-0.05, 0) is 44.5 Å². The Bertz CT molecular complexity index is 578. The van der Waals surface area contributed by atoms with Gasteiger partial charge in [-0.3, -0.25) is 10.2 Å². The molecule has 0 aromatic heterocycles. The lowest BCUT2D eigenvalue weighted by atomic mass is 9.93. The van der Waals surface area contributed by atoms with E-state index in [-0.39, 0.29) is 11.0 Å². The molecular weight excluding hydrogens is 300 g/mol. The first-order valence-corrected chi connectivity index (χ1v) is 7.62. The highest BCUT2D eigenvalue weighted by atomic mass is 32.1. The number of nitrogens with one attached hydrogen (secondary N) is 3. The number of imide groups is 1. The van der Waals surface area contributed by atoms with Gasteiger partial charge in [-0.1, -0.05) is 30.3 Å². The minimum Gasteiger partial charge on any atom is -0.362 e. The van der Waals surface area contributed by atoms with E-state index in [9.17, 15) is 9.59 Å². The van der Waals surface area contributed by atoms with Gasteiger partial charge in [-0.15, -0.1) is 0 Å². The lowest BCUT2D eigenvalue weighted by Gasteiger charge is -2.22. The second kappa shape index (κ2) is 6.74. The SMILES string of the molecule is CCNC(=S)NN1C(=O)N[C@](C)(CCc2ccccc2)C1=O. The Labute approximate surface area is 135 Å². The molecule has 1 aromatic carbocycles. The summed E-state index contributed by atoms with van der Waals surface area (Å²) in [6.45, 7) is 4.22. The first-order chi connectivity index (χ1) is 10.5. The van der Waals surface area contributed by atoms with Gasteiger partial charge in [-0.25, -0.2) is 4.79 Å².